The summed E-state index contributed by atoms with van der Waals surface area (Å²) in [5.74, 6) is 1.06. The number of thiazole rings is 2. The zero-order valence-electron chi connectivity index (χ0n) is 41.8. The van der Waals surface area contributed by atoms with Crippen LogP contribution in [0.2, 0.25) is 0 Å². The standard InChI is InChI=1S/C27H33N5O4S.C25H31N5O4S/c1-30(23(33)18-31-11-3-4-12-31)17-19-5-7-20(8-6-19)26(34)29-27-28-24-22(35-2)10-9-21(25(24)37-27)32-13-15-36-16-14-32;1-16(31)23(29(2)3)26-15-17-5-7-18(8-6-17)24(32)28-25-27-21-20(33-4)10-9-19(22(21)35-25)30-11-13-34-14-12-30/h5-10H,3-4,11-18H2,1-2H3,(H,28,29,34);5-10,23,26H,11-15H2,1-4H3,(H,27,28,32). The minimum Gasteiger partial charge on any atom is -0.494 e. The summed E-state index contributed by atoms with van der Waals surface area (Å²) >= 11 is 2.88. The maximum absolute atomic E-state index is 13.0. The summed E-state index contributed by atoms with van der Waals surface area (Å²) in [6.45, 7) is 11.1. The van der Waals surface area contributed by atoms with Crippen molar-refractivity contribution in [1.82, 2.24) is 30.0 Å². The van der Waals surface area contributed by atoms with Gasteiger partial charge in [0.15, 0.2) is 16.0 Å². The van der Waals surface area contributed by atoms with Crippen LogP contribution in [0.25, 0.3) is 20.4 Å². The molecule has 72 heavy (non-hydrogen) atoms. The topological polar surface area (TPSA) is 183 Å². The van der Waals surface area contributed by atoms with Crippen LogP contribution in [0, 0.1) is 0 Å². The number of hydrogen-bond acceptors (Lipinski definition) is 17. The van der Waals surface area contributed by atoms with Crippen molar-refractivity contribution in [2.24, 2.45) is 0 Å². The smallest absolute Gasteiger partial charge is 0.257 e. The lowest BCUT2D eigenvalue weighted by Crippen LogP contribution is -2.46. The number of carbonyl (C=O) groups is 4. The van der Waals surface area contributed by atoms with E-state index in [-0.39, 0.29) is 29.7 Å². The summed E-state index contributed by atoms with van der Waals surface area (Å²) in [7, 11) is 8.78. The first-order chi connectivity index (χ1) is 34.9. The first-order valence-corrected chi connectivity index (χ1v) is 25.8. The molecule has 0 aliphatic carbocycles. The number of ether oxygens (including phenoxy) is 4. The maximum Gasteiger partial charge on any atom is 0.257 e. The molecule has 0 saturated carbocycles. The van der Waals surface area contributed by atoms with Crippen molar-refractivity contribution in [3.63, 3.8) is 0 Å². The molecule has 382 valence electrons. The Morgan fingerprint density at radius 2 is 1.11 bits per heavy atom. The highest BCUT2D eigenvalue weighted by atomic mass is 32.1. The summed E-state index contributed by atoms with van der Waals surface area (Å²) in [5.41, 5.74) is 6.65. The van der Waals surface area contributed by atoms with Gasteiger partial charge in [-0.25, -0.2) is 9.97 Å². The number of carbonyl (C=O) groups excluding carboxylic acids is 4. The molecular formula is C52H64N10O8S2. The van der Waals surface area contributed by atoms with Gasteiger partial charge in [-0.05, 0) is 107 Å². The molecule has 0 spiro atoms. The number of methoxy groups -OCH3 is 2. The predicted octanol–water partition coefficient (Wildman–Crippen LogP) is 6.41. The van der Waals surface area contributed by atoms with E-state index in [0.717, 1.165) is 82.2 Å². The molecular weight excluding hydrogens is 957 g/mol. The van der Waals surface area contributed by atoms with Crippen molar-refractivity contribution >= 4 is 88.2 Å². The van der Waals surface area contributed by atoms with Crippen LogP contribution in [0.5, 0.6) is 11.5 Å². The first-order valence-electron chi connectivity index (χ1n) is 24.2. The van der Waals surface area contributed by atoms with Gasteiger partial charge in [0, 0.05) is 57.4 Å². The molecule has 1 unspecified atom stereocenters. The second kappa shape index (κ2) is 24.4. The third kappa shape index (κ3) is 12.8. The van der Waals surface area contributed by atoms with E-state index >= 15 is 0 Å². The molecule has 3 amide bonds. The lowest BCUT2D eigenvalue weighted by Gasteiger charge is -2.29. The molecule has 3 saturated heterocycles. The van der Waals surface area contributed by atoms with Crippen molar-refractivity contribution in [3.05, 3.63) is 95.1 Å². The van der Waals surface area contributed by atoms with E-state index in [0.29, 0.717) is 79.0 Å². The second-order valence-electron chi connectivity index (χ2n) is 18.1. The first kappa shape index (κ1) is 52.1. The highest BCUT2D eigenvalue weighted by Gasteiger charge is 2.24. The van der Waals surface area contributed by atoms with Crippen LogP contribution in [0.15, 0.2) is 72.8 Å². The van der Waals surface area contributed by atoms with Crippen molar-refractivity contribution in [1.29, 1.82) is 0 Å². The largest absolute Gasteiger partial charge is 0.494 e. The molecule has 4 aromatic carbocycles. The molecule has 3 fully saturated rings. The van der Waals surface area contributed by atoms with E-state index in [9.17, 15) is 19.2 Å². The van der Waals surface area contributed by atoms with Crippen molar-refractivity contribution in [2.75, 3.05) is 128 Å². The molecule has 0 radical (unpaired) electrons. The van der Waals surface area contributed by atoms with Gasteiger partial charge in [-0.3, -0.25) is 44.9 Å². The fourth-order valence-corrected chi connectivity index (χ4v) is 10.9. The van der Waals surface area contributed by atoms with Crippen LogP contribution in [-0.4, -0.2) is 162 Å². The molecule has 2 aromatic heterocycles. The van der Waals surface area contributed by atoms with Gasteiger partial charge < -0.3 is 33.6 Å². The Kier molecular flexibility index (Phi) is 17.7. The molecule has 1 atom stereocenters. The number of nitrogens with one attached hydrogen (secondary N) is 3. The molecule has 20 heteroatoms. The normalized spacial score (nSPS) is 15.5. The van der Waals surface area contributed by atoms with E-state index in [4.69, 9.17) is 18.9 Å². The lowest BCUT2D eigenvalue weighted by molar-refractivity contribution is -0.131. The van der Waals surface area contributed by atoms with Gasteiger partial charge in [-0.2, -0.15) is 0 Å². The van der Waals surface area contributed by atoms with Gasteiger partial charge in [0.2, 0.25) is 5.91 Å². The maximum atomic E-state index is 13.0. The summed E-state index contributed by atoms with van der Waals surface area (Å²) in [4.78, 5) is 69.9. The van der Waals surface area contributed by atoms with Crippen molar-refractivity contribution in [2.45, 2.75) is 39.0 Å². The fraction of sp³-hybridized carbons (Fsp3) is 0.423. The SMILES string of the molecule is COc1ccc(N2CCOCC2)c2sc(NC(=O)c3ccc(CN(C)C(=O)CN4CCCC4)cc3)nc12.COc1ccc(N2CCOCC2)c2sc(NC(=O)c3ccc(CNC(C(C)=O)N(C)C)cc3)nc12. The number of likely N-dealkylation sites (N-methyl/N-ethyl adjacent to an activating group) is 2. The minimum atomic E-state index is -0.351. The average molecular weight is 1020 g/mol. The number of aromatic nitrogens is 2. The van der Waals surface area contributed by atoms with Gasteiger partial charge in [-0.1, -0.05) is 46.9 Å². The van der Waals surface area contributed by atoms with Gasteiger partial charge >= 0.3 is 0 Å². The fourth-order valence-electron chi connectivity index (χ4n) is 8.88. The number of fused-ring (bicyclic) bond motifs is 2. The van der Waals surface area contributed by atoms with Crippen LogP contribution in [0.4, 0.5) is 21.6 Å². The minimum absolute atomic E-state index is 0.0511. The number of amides is 3. The van der Waals surface area contributed by atoms with Crippen molar-refractivity contribution < 1.29 is 38.1 Å². The quantitative estimate of drug-likeness (QED) is 0.0852. The molecule has 3 aliphatic heterocycles. The number of morpholine rings is 2. The monoisotopic (exact) mass is 1020 g/mol. The molecule has 0 bridgehead atoms. The average Bonchev–Trinajstić information content (AvgIpc) is 4.18. The number of rotatable bonds is 17. The van der Waals surface area contributed by atoms with Crippen LogP contribution >= 0.6 is 22.7 Å². The Morgan fingerprint density at radius 3 is 1.54 bits per heavy atom. The third-order valence-corrected chi connectivity index (χ3v) is 14.8. The summed E-state index contributed by atoms with van der Waals surface area (Å²) in [6.07, 6.45) is 1.98. The van der Waals surface area contributed by atoms with Crippen LogP contribution in [0.3, 0.4) is 0 Å². The highest BCUT2D eigenvalue weighted by molar-refractivity contribution is 7.23. The number of nitrogens with zero attached hydrogens (tertiary/aromatic N) is 7. The molecule has 3 aliphatic rings. The van der Waals surface area contributed by atoms with Crippen LogP contribution in [0.1, 0.15) is 51.6 Å². The molecule has 18 nitrogen and oxygen atoms in total. The van der Waals surface area contributed by atoms with Crippen molar-refractivity contribution in [3.8, 4) is 11.5 Å². The molecule has 6 aromatic rings. The number of likely N-dealkylation sites (tertiary alicyclic amines) is 1. The Hall–Kier alpha value is -6.26. The van der Waals surface area contributed by atoms with E-state index in [1.54, 1.807) is 50.3 Å². The zero-order chi connectivity index (χ0) is 50.7. The highest BCUT2D eigenvalue weighted by Crippen LogP contribution is 2.41. The van der Waals surface area contributed by atoms with Gasteiger partial charge in [-0.15, -0.1) is 0 Å². The Labute approximate surface area is 428 Å². The van der Waals surface area contributed by atoms with E-state index in [1.165, 1.54) is 35.5 Å². The lowest BCUT2D eigenvalue weighted by atomic mass is 10.1. The number of Topliss-reactive ketones (excluding diaryl/α,β-unsaturated/α-hetero) is 1. The van der Waals surface area contributed by atoms with Gasteiger partial charge in [0.25, 0.3) is 11.8 Å². The van der Waals surface area contributed by atoms with Gasteiger partial charge in [0.05, 0.1) is 68.0 Å². The van der Waals surface area contributed by atoms with E-state index in [2.05, 4.69) is 40.6 Å². The predicted molar refractivity (Wildman–Crippen MR) is 284 cm³/mol. The Balaban J connectivity index is 0.000000193. The summed E-state index contributed by atoms with van der Waals surface area (Å²) < 4.78 is 24.0. The number of anilines is 4. The Morgan fingerprint density at radius 1 is 0.653 bits per heavy atom. The zero-order valence-corrected chi connectivity index (χ0v) is 43.5. The molecule has 5 heterocycles. The number of ketones is 1. The summed E-state index contributed by atoms with van der Waals surface area (Å²) in [6, 6.07) is 22.6. The molecule has 3 N–H and O–H groups in total. The van der Waals surface area contributed by atoms with Crippen LogP contribution in [-0.2, 0) is 32.2 Å². The number of hydrogen-bond donors (Lipinski definition) is 3. The summed E-state index contributed by atoms with van der Waals surface area (Å²) in [5, 5.41) is 10.1. The number of benzene rings is 4. The second-order valence-corrected chi connectivity index (χ2v) is 20.1. The van der Waals surface area contributed by atoms with Crippen LogP contribution < -0.4 is 35.2 Å². The third-order valence-electron chi connectivity index (χ3n) is 12.8. The van der Waals surface area contributed by atoms with E-state index in [1.807, 2.05) is 74.6 Å². The van der Waals surface area contributed by atoms with Gasteiger partial charge in [0.1, 0.15) is 28.7 Å². The van der Waals surface area contributed by atoms with E-state index < -0.39 is 0 Å². The molecule has 9 rings (SSSR count). The Bertz CT molecular complexity index is 2820.